The first-order valence-electron chi connectivity index (χ1n) is 7.28. The number of carbonyl (C=O) groups is 1. The predicted octanol–water partition coefficient (Wildman–Crippen LogP) is 1.64. The predicted molar refractivity (Wildman–Crippen MR) is 86.6 cm³/mol. The van der Waals surface area contributed by atoms with Crippen LogP contribution in [0.2, 0.25) is 0 Å². The van der Waals surface area contributed by atoms with Gasteiger partial charge in [0.05, 0.1) is 6.54 Å². The van der Waals surface area contributed by atoms with E-state index in [0.717, 1.165) is 18.0 Å². The number of nitrogens with one attached hydrogen (secondary N) is 2. The van der Waals surface area contributed by atoms with E-state index in [9.17, 15) is 4.79 Å². The summed E-state index contributed by atoms with van der Waals surface area (Å²) in [6.45, 7) is 1.00. The van der Waals surface area contributed by atoms with Crippen molar-refractivity contribution in [2.75, 3.05) is 12.3 Å². The van der Waals surface area contributed by atoms with Gasteiger partial charge >= 0.3 is 6.03 Å². The van der Waals surface area contributed by atoms with Crippen LogP contribution in [0.25, 0.3) is 0 Å². The summed E-state index contributed by atoms with van der Waals surface area (Å²) in [5.41, 5.74) is 2.74. The Morgan fingerprint density at radius 1 is 1.41 bits per heavy atom. The van der Waals surface area contributed by atoms with Crippen LogP contribution in [0, 0.1) is 0 Å². The largest absolute Gasteiger partial charge is 0.337 e. The van der Waals surface area contributed by atoms with Crippen molar-refractivity contribution in [1.29, 1.82) is 0 Å². The topological polar surface area (TPSA) is 71.8 Å². The number of amides is 2. The van der Waals surface area contributed by atoms with Gasteiger partial charge < -0.3 is 10.6 Å². The Morgan fingerprint density at radius 2 is 2.27 bits per heavy atom. The molecule has 1 aromatic heterocycles. The molecule has 3 rings (SSSR count). The van der Waals surface area contributed by atoms with Gasteiger partial charge in [-0.15, -0.1) is 0 Å². The molecule has 0 aliphatic carbocycles. The first-order chi connectivity index (χ1) is 10.7. The Balaban J connectivity index is 1.51. The van der Waals surface area contributed by atoms with Crippen molar-refractivity contribution in [1.82, 2.24) is 25.4 Å². The minimum absolute atomic E-state index is 0.174. The van der Waals surface area contributed by atoms with Crippen molar-refractivity contribution in [2.45, 2.75) is 18.2 Å². The van der Waals surface area contributed by atoms with Crippen LogP contribution in [-0.2, 0) is 20.0 Å². The number of hydrogen-bond acceptors (Lipinski definition) is 4. The quantitative estimate of drug-likeness (QED) is 0.899. The lowest BCUT2D eigenvalue weighted by Crippen LogP contribution is -2.38. The van der Waals surface area contributed by atoms with Gasteiger partial charge in [0.1, 0.15) is 12.2 Å². The third-order valence-electron chi connectivity index (χ3n) is 3.75. The number of aromatic nitrogens is 3. The van der Waals surface area contributed by atoms with Crippen molar-refractivity contribution in [3.8, 4) is 0 Å². The van der Waals surface area contributed by atoms with Gasteiger partial charge in [0, 0.05) is 18.8 Å². The number of carbonyl (C=O) groups excluding carboxylic acids is 1. The van der Waals surface area contributed by atoms with Crippen LogP contribution in [-0.4, -0.2) is 33.1 Å². The molecule has 0 spiro atoms. The lowest BCUT2D eigenvalue weighted by atomic mass is 10.0. The van der Waals surface area contributed by atoms with Crippen LogP contribution in [0.15, 0.2) is 30.6 Å². The number of hydrogen-bond donors (Lipinski definition) is 2. The molecule has 22 heavy (non-hydrogen) atoms. The third kappa shape index (κ3) is 3.41. The molecule has 1 aliphatic heterocycles. The maximum Gasteiger partial charge on any atom is 0.315 e. The fourth-order valence-electron chi connectivity index (χ4n) is 2.53. The minimum atomic E-state index is -0.174. The van der Waals surface area contributed by atoms with Crippen LogP contribution in [0.1, 0.15) is 22.2 Å². The van der Waals surface area contributed by atoms with Gasteiger partial charge in [0.15, 0.2) is 0 Å². The molecule has 0 saturated heterocycles. The van der Waals surface area contributed by atoms with E-state index in [1.54, 1.807) is 11.7 Å². The molecule has 2 aromatic rings. The summed E-state index contributed by atoms with van der Waals surface area (Å²) in [6, 6.07) is 8.30. The molecule has 1 unspecified atom stereocenters. The molecule has 2 N–H and O–H groups in total. The highest BCUT2D eigenvalue weighted by atomic mass is 32.2. The monoisotopic (exact) mass is 317 g/mol. The Labute approximate surface area is 133 Å². The summed E-state index contributed by atoms with van der Waals surface area (Å²) in [5.74, 6) is 1.83. The molecule has 0 fully saturated rings. The van der Waals surface area contributed by atoms with Gasteiger partial charge in [-0.3, -0.25) is 4.68 Å². The highest BCUT2D eigenvalue weighted by molar-refractivity contribution is 7.99. The van der Waals surface area contributed by atoms with E-state index in [1.807, 2.05) is 11.8 Å². The molecule has 0 saturated carbocycles. The standard InChI is InChI=1S/C15H19N5OS/c1-20-14(18-10-19-20)9-17-15(21)16-8-13-12-5-3-2-4-11(12)6-7-22-13/h2-5,10,13H,6-9H2,1H3,(H2,16,17,21). The van der Waals surface area contributed by atoms with Crippen molar-refractivity contribution in [3.63, 3.8) is 0 Å². The SMILES string of the molecule is Cn1ncnc1CNC(=O)NCC1SCCc2ccccc21. The molecule has 0 bridgehead atoms. The number of nitrogens with zero attached hydrogens (tertiary/aromatic N) is 3. The zero-order valence-electron chi connectivity index (χ0n) is 12.5. The molecule has 6 nitrogen and oxygen atoms in total. The van der Waals surface area contributed by atoms with E-state index >= 15 is 0 Å². The molecule has 0 radical (unpaired) electrons. The zero-order valence-corrected chi connectivity index (χ0v) is 13.3. The average molecular weight is 317 g/mol. The van der Waals surface area contributed by atoms with Gasteiger partial charge in [0.25, 0.3) is 0 Å². The number of urea groups is 1. The fourth-order valence-corrected chi connectivity index (χ4v) is 3.77. The fraction of sp³-hybridized carbons (Fsp3) is 0.400. The number of fused-ring (bicyclic) bond motifs is 1. The number of rotatable bonds is 4. The van der Waals surface area contributed by atoms with E-state index in [0.29, 0.717) is 18.3 Å². The van der Waals surface area contributed by atoms with Gasteiger partial charge in [-0.2, -0.15) is 16.9 Å². The van der Waals surface area contributed by atoms with Gasteiger partial charge in [-0.1, -0.05) is 24.3 Å². The van der Waals surface area contributed by atoms with Gasteiger partial charge in [0.2, 0.25) is 0 Å². The van der Waals surface area contributed by atoms with Crippen LogP contribution in [0.5, 0.6) is 0 Å². The Morgan fingerprint density at radius 3 is 3.09 bits per heavy atom. The normalized spacial score (nSPS) is 16.9. The second-order valence-corrected chi connectivity index (χ2v) is 6.48. The second kappa shape index (κ2) is 6.83. The van der Waals surface area contributed by atoms with E-state index in [-0.39, 0.29) is 6.03 Å². The second-order valence-electron chi connectivity index (χ2n) is 5.17. The van der Waals surface area contributed by atoms with Crippen LogP contribution in [0.3, 0.4) is 0 Å². The lowest BCUT2D eigenvalue weighted by Gasteiger charge is -2.25. The average Bonchev–Trinajstić information content (AvgIpc) is 2.96. The summed E-state index contributed by atoms with van der Waals surface area (Å²) < 4.78 is 1.65. The highest BCUT2D eigenvalue weighted by Gasteiger charge is 2.20. The molecule has 2 amide bonds. The molecule has 116 valence electrons. The minimum Gasteiger partial charge on any atom is -0.337 e. The Bertz CT molecular complexity index is 657. The third-order valence-corrected chi connectivity index (χ3v) is 5.02. The molecular weight excluding hydrogens is 298 g/mol. The van der Waals surface area contributed by atoms with Crippen molar-refractivity contribution in [2.24, 2.45) is 7.05 Å². The smallest absolute Gasteiger partial charge is 0.315 e. The van der Waals surface area contributed by atoms with Crippen molar-refractivity contribution in [3.05, 3.63) is 47.5 Å². The van der Waals surface area contributed by atoms with E-state index in [1.165, 1.54) is 17.5 Å². The van der Waals surface area contributed by atoms with Gasteiger partial charge in [-0.05, 0) is 23.3 Å². The maximum absolute atomic E-state index is 11.9. The summed E-state index contributed by atoms with van der Waals surface area (Å²) in [5, 5.41) is 10.0. The van der Waals surface area contributed by atoms with Crippen molar-refractivity contribution >= 4 is 17.8 Å². The molecular formula is C15H19N5OS. The van der Waals surface area contributed by atoms with Crippen molar-refractivity contribution < 1.29 is 4.79 Å². The number of thioether (sulfide) groups is 1. The van der Waals surface area contributed by atoms with E-state index < -0.39 is 0 Å². The van der Waals surface area contributed by atoms with Gasteiger partial charge in [-0.25, -0.2) is 9.78 Å². The van der Waals surface area contributed by atoms with E-state index in [4.69, 9.17) is 0 Å². The molecule has 1 atom stereocenters. The molecule has 1 aliphatic rings. The summed E-state index contributed by atoms with van der Waals surface area (Å²) in [6.07, 6.45) is 2.58. The Kier molecular flexibility index (Phi) is 4.62. The molecule has 7 heteroatoms. The molecule has 1 aromatic carbocycles. The summed E-state index contributed by atoms with van der Waals surface area (Å²) in [4.78, 5) is 16.0. The first kappa shape index (κ1) is 14.9. The van der Waals surface area contributed by atoms with Crippen LogP contribution >= 0.6 is 11.8 Å². The summed E-state index contributed by atoms with van der Waals surface area (Å²) in [7, 11) is 1.80. The van der Waals surface area contributed by atoms with E-state index in [2.05, 4.69) is 45.0 Å². The Hall–Kier alpha value is -2.02. The highest BCUT2D eigenvalue weighted by Crippen LogP contribution is 2.35. The maximum atomic E-state index is 11.9. The first-order valence-corrected chi connectivity index (χ1v) is 8.33. The number of aryl methyl sites for hydroxylation is 2. The lowest BCUT2D eigenvalue weighted by molar-refractivity contribution is 0.240. The van der Waals surface area contributed by atoms with Crippen LogP contribution in [0.4, 0.5) is 4.79 Å². The van der Waals surface area contributed by atoms with Crippen LogP contribution < -0.4 is 10.6 Å². The number of benzene rings is 1. The molecule has 2 heterocycles. The zero-order chi connectivity index (χ0) is 15.4. The summed E-state index contributed by atoms with van der Waals surface area (Å²) >= 11 is 1.90.